The summed E-state index contributed by atoms with van der Waals surface area (Å²) in [7, 11) is 0. The number of nitrogens with one attached hydrogen (secondary N) is 1. The zero-order valence-electron chi connectivity index (χ0n) is 16.3. The Bertz CT molecular complexity index is 918. The molecule has 150 valence electrons. The highest BCUT2D eigenvalue weighted by molar-refractivity contribution is 6.23. The van der Waals surface area contributed by atoms with Crippen molar-refractivity contribution < 1.29 is 19.1 Å². The molecule has 2 heterocycles. The quantitative estimate of drug-likeness (QED) is 0.621. The second-order valence-electron chi connectivity index (χ2n) is 7.22. The van der Waals surface area contributed by atoms with Gasteiger partial charge in [-0.1, -0.05) is 0 Å². The van der Waals surface area contributed by atoms with Crippen LogP contribution in [0.1, 0.15) is 23.7 Å². The van der Waals surface area contributed by atoms with Crippen LogP contribution in [-0.4, -0.2) is 49.9 Å². The fourth-order valence-electron chi connectivity index (χ4n) is 3.65. The molecular weight excluding hydrogens is 370 g/mol. The molecule has 1 unspecified atom stereocenters. The van der Waals surface area contributed by atoms with Crippen LogP contribution >= 0.6 is 0 Å². The lowest BCUT2D eigenvalue weighted by atomic mass is 10.1. The second kappa shape index (κ2) is 8.05. The summed E-state index contributed by atoms with van der Waals surface area (Å²) in [4.78, 5) is 40.1. The van der Waals surface area contributed by atoms with Gasteiger partial charge in [0.25, 0.3) is 5.91 Å². The fraction of sp³-hybridized carbons (Fsp3) is 0.318. The standard InChI is InChI=1S/C22H23N3O4/c1-15(26)16-2-6-19(7-3-16)25-21(27)14-20(22(25)28)23-17-4-8-18(9-5-17)24-10-12-29-13-11-24/h2-9,20,23H,10-14H2,1H3. The Morgan fingerprint density at radius 2 is 1.59 bits per heavy atom. The molecule has 0 aromatic heterocycles. The van der Waals surface area contributed by atoms with Gasteiger partial charge in [-0.25, -0.2) is 4.90 Å². The average molecular weight is 393 g/mol. The first-order valence-corrected chi connectivity index (χ1v) is 9.70. The second-order valence-corrected chi connectivity index (χ2v) is 7.22. The van der Waals surface area contributed by atoms with Crippen LogP contribution in [-0.2, 0) is 14.3 Å². The Balaban J connectivity index is 1.44. The number of ether oxygens (including phenoxy) is 1. The monoisotopic (exact) mass is 393 g/mol. The number of Topliss-reactive ketones (excluding diaryl/α,β-unsaturated/α-hetero) is 1. The largest absolute Gasteiger partial charge is 0.378 e. The summed E-state index contributed by atoms with van der Waals surface area (Å²) >= 11 is 0. The SMILES string of the molecule is CC(=O)c1ccc(N2C(=O)CC(Nc3ccc(N4CCOCC4)cc3)C2=O)cc1. The Labute approximate surface area is 169 Å². The van der Waals surface area contributed by atoms with Gasteiger partial charge >= 0.3 is 0 Å². The summed E-state index contributed by atoms with van der Waals surface area (Å²) in [6.45, 7) is 4.65. The highest BCUT2D eigenvalue weighted by Crippen LogP contribution is 2.26. The van der Waals surface area contributed by atoms with E-state index >= 15 is 0 Å². The van der Waals surface area contributed by atoms with Gasteiger partial charge in [0, 0.05) is 30.0 Å². The summed E-state index contributed by atoms with van der Waals surface area (Å²) in [5.74, 6) is -0.605. The molecule has 2 saturated heterocycles. The van der Waals surface area contributed by atoms with Crippen molar-refractivity contribution in [3.8, 4) is 0 Å². The third-order valence-corrected chi connectivity index (χ3v) is 5.26. The molecule has 0 saturated carbocycles. The molecular formula is C22H23N3O4. The molecule has 2 aliphatic heterocycles. The van der Waals surface area contributed by atoms with Crippen molar-refractivity contribution in [3.63, 3.8) is 0 Å². The first kappa shape index (κ1) is 19.1. The molecule has 1 atom stereocenters. The molecule has 2 aliphatic rings. The minimum absolute atomic E-state index is 0.0595. The van der Waals surface area contributed by atoms with E-state index in [1.807, 2.05) is 24.3 Å². The van der Waals surface area contributed by atoms with Gasteiger partial charge in [0.2, 0.25) is 5.91 Å². The van der Waals surface area contributed by atoms with Gasteiger partial charge in [0.15, 0.2) is 5.78 Å². The zero-order chi connectivity index (χ0) is 20.4. The number of hydrogen-bond acceptors (Lipinski definition) is 6. The topological polar surface area (TPSA) is 79.0 Å². The maximum Gasteiger partial charge on any atom is 0.256 e. The molecule has 4 rings (SSSR count). The maximum absolute atomic E-state index is 12.8. The predicted molar refractivity (Wildman–Crippen MR) is 110 cm³/mol. The zero-order valence-corrected chi connectivity index (χ0v) is 16.3. The summed E-state index contributed by atoms with van der Waals surface area (Å²) in [5, 5.41) is 3.17. The molecule has 2 amide bonds. The Morgan fingerprint density at radius 3 is 2.21 bits per heavy atom. The summed E-state index contributed by atoms with van der Waals surface area (Å²) in [6.07, 6.45) is 0.0957. The molecule has 2 fully saturated rings. The number of nitrogens with zero attached hydrogens (tertiary/aromatic N) is 2. The smallest absolute Gasteiger partial charge is 0.256 e. The van der Waals surface area contributed by atoms with Crippen LogP contribution in [0.3, 0.4) is 0 Å². The molecule has 0 radical (unpaired) electrons. The fourth-order valence-corrected chi connectivity index (χ4v) is 3.65. The predicted octanol–water partition coefficient (Wildman–Crippen LogP) is 2.47. The van der Waals surface area contributed by atoms with E-state index in [2.05, 4.69) is 10.2 Å². The van der Waals surface area contributed by atoms with Crippen LogP contribution in [0.5, 0.6) is 0 Å². The van der Waals surface area contributed by atoms with Crippen LogP contribution < -0.4 is 15.1 Å². The number of hydrogen-bond donors (Lipinski definition) is 1. The number of anilines is 3. The lowest BCUT2D eigenvalue weighted by molar-refractivity contribution is -0.121. The van der Waals surface area contributed by atoms with Gasteiger partial charge in [-0.2, -0.15) is 0 Å². The van der Waals surface area contributed by atoms with Crippen molar-refractivity contribution in [2.24, 2.45) is 0 Å². The number of imide groups is 1. The van der Waals surface area contributed by atoms with Crippen LogP contribution in [0, 0.1) is 0 Å². The van der Waals surface area contributed by atoms with Crippen molar-refractivity contribution in [2.75, 3.05) is 41.4 Å². The third kappa shape index (κ3) is 4.00. The van der Waals surface area contributed by atoms with E-state index in [0.717, 1.165) is 37.7 Å². The maximum atomic E-state index is 12.8. The molecule has 0 bridgehead atoms. The van der Waals surface area contributed by atoms with Gasteiger partial charge in [0.05, 0.1) is 25.3 Å². The van der Waals surface area contributed by atoms with E-state index in [-0.39, 0.29) is 24.0 Å². The van der Waals surface area contributed by atoms with Crippen molar-refractivity contribution >= 4 is 34.7 Å². The van der Waals surface area contributed by atoms with Gasteiger partial charge in [-0.05, 0) is 55.5 Å². The minimum Gasteiger partial charge on any atom is -0.378 e. The summed E-state index contributed by atoms with van der Waals surface area (Å²) in [6, 6.07) is 13.8. The molecule has 2 aromatic rings. The van der Waals surface area contributed by atoms with Gasteiger partial charge in [0.1, 0.15) is 6.04 Å². The molecule has 2 aromatic carbocycles. The van der Waals surface area contributed by atoms with Gasteiger partial charge < -0.3 is 15.0 Å². The number of amides is 2. The van der Waals surface area contributed by atoms with E-state index in [1.54, 1.807) is 24.3 Å². The van der Waals surface area contributed by atoms with Crippen LogP contribution in [0.25, 0.3) is 0 Å². The molecule has 1 N–H and O–H groups in total. The molecule has 0 spiro atoms. The first-order valence-electron chi connectivity index (χ1n) is 9.70. The van der Waals surface area contributed by atoms with Crippen molar-refractivity contribution in [2.45, 2.75) is 19.4 Å². The number of benzene rings is 2. The Hall–Kier alpha value is -3.19. The molecule has 29 heavy (non-hydrogen) atoms. The van der Waals surface area contributed by atoms with E-state index < -0.39 is 6.04 Å². The third-order valence-electron chi connectivity index (χ3n) is 5.26. The summed E-state index contributed by atoms with van der Waals surface area (Å²) < 4.78 is 5.38. The number of carbonyl (C=O) groups excluding carboxylic acids is 3. The number of rotatable bonds is 5. The van der Waals surface area contributed by atoms with E-state index in [4.69, 9.17) is 4.74 Å². The highest BCUT2D eigenvalue weighted by atomic mass is 16.5. The number of carbonyl (C=O) groups is 3. The number of ketones is 1. The van der Waals surface area contributed by atoms with E-state index in [9.17, 15) is 14.4 Å². The highest BCUT2D eigenvalue weighted by Gasteiger charge is 2.39. The first-order chi connectivity index (χ1) is 14.0. The summed E-state index contributed by atoms with van der Waals surface area (Å²) in [5.41, 5.74) is 2.93. The Kier molecular flexibility index (Phi) is 5.31. The Morgan fingerprint density at radius 1 is 0.966 bits per heavy atom. The van der Waals surface area contributed by atoms with E-state index in [1.165, 1.54) is 11.8 Å². The number of morpholine rings is 1. The van der Waals surface area contributed by atoms with E-state index in [0.29, 0.717) is 11.3 Å². The van der Waals surface area contributed by atoms with Crippen LogP contribution in [0.15, 0.2) is 48.5 Å². The van der Waals surface area contributed by atoms with Crippen LogP contribution in [0.4, 0.5) is 17.1 Å². The molecule has 7 nitrogen and oxygen atoms in total. The van der Waals surface area contributed by atoms with Crippen molar-refractivity contribution in [1.29, 1.82) is 0 Å². The van der Waals surface area contributed by atoms with Crippen LogP contribution in [0.2, 0.25) is 0 Å². The lowest BCUT2D eigenvalue weighted by Crippen LogP contribution is -2.36. The van der Waals surface area contributed by atoms with Crippen molar-refractivity contribution in [3.05, 3.63) is 54.1 Å². The molecule has 0 aliphatic carbocycles. The normalized spacial score (nSPS) is 19.6. The van der Waals surface area contributed by atoms with Crippen molar-refractivity contribution in [1.82, 2.24) is 0 Å². The van der Waals surface area contributed by atoms with Gasteiger partial charge in [-0.15, -0.1) is 0 Å². The molecule has 7 heteroatoms. The minimum atomic E-state index is -0.607. The average Bonchev–Trinajstić information content (AvgIpc) is 3.02. The lowest BCUT2D eigenvalue weighted by Gasteiger charge is -2.29. The van der Waals surface area contributed by atoms with Gasteiger partial charge in [-0.3, -0.25) is 14.4 Å².